The first kappa shape index (κ1) is 13.2. The van der Waals surface area contributed by atoms with Gasteiger partial charge in [-0.1, -0.05) is 13.0 Å². The minimum Gasteiger partial charge on any atom is -0.382 e. The Balaban J connectivity index is 2.19. The van der Waals surface area contributed by atoms with Gasteiger partial charge in [0.25, 0.3) is 0 Å². The van der Waals surface area contributed by atoms with Crippen LogP contribution in [0.3, 0.4) is 0 Å². The van der Waals surface area contributed by atoms with Crippen molar-refractivity contribution in [1.29, 1.82) is 0 Å². The minimum absolute atomic E-state index is 0.196. The summed E-state index contributed by atoms with van der Waals surface area (Å²) in [5.74, 6) is 0. The highest BCUT2D eigenvalue weighted by Crippen LogP contribution is 2.49. The lowest BCUT2D eigenvalue weighted by Gasteiger charge is -2.22. The first-order valence-electron chi connectivity index (χ1n) is 6.17. The molecule has 100 valence electrons. The Kier molecular flexibility index (Phi) is 3.07. The Morgan fingerprint density at radius 1 is 1.28 bits per heavy atom. The molecule has 1 fully saturated rings. The van der Waals surface area contributed by atoms with E-state index in [4.69, 9.17) is 0 Å². The normalized spacial score (nSPS) is 19.4. The average molecular weight is 257 g/mol. The second-order valence-electron chi connectivity index (χ2n) is 5.55. The Bertz CT molecular complexity index is 447. The van der Waals surface area contributed by atoms with Gasteiger partial charge in [-0.3, -0.25) is 0 Å². The van der Waals surface area contributed by atoms with Crippen LogP contribution in [0.4, 0.5) is 18.9 Å². The summed E-state index contributed by atoms with van der Waals surface area (Å²) < 4.78 is 38.4. The molecule has 1 nitrogen and oxygen atoms in total. The van der Waals surface area contributed by atoms with Gasteiger partial charge in [-0.25, -0.2) is 0 Å². The maximum atomic E-state index is 12.8. The third-order valence-electron chi connectivity index (χ3n) is 4.01. The van der Waals surface area contributed by atoms with Crippen LogP contribution in [0.25, 0.3) is 0 Å². The standard InChI is InChI=1S/C14H18F3N/c1-9-4-5-11(8-12(9)14(15,16)17)18-10(2)13(3)6-7-13/h4-5,8,10,18H,6-7H2,1-3H3. The van der Waals surface area contributed by atoms with Crippen LogP contribution in [-0.2, 0) is 6.18 Å². The zero-order valence-corrected chi connectivity index (χ0v) is 10.9. The summed E-state index contributed by atoms with van der Waals surface area (Å²) in [6, 6.07) is 4.64. The summed E-state index contributed by atoms with van der Waals surface area (Å²) in [5, 5.41) is 3.18. The molecule has 18 heavy (non-hydrogen) atoms. The number of benzene rings is 1. The van der Waals surface area contributed by atoms with Crippen LogP contribution in [0.1, 0.15) is 37.8 Å². The molecule has 1 atom stereocenters. The molecule has 0 aromatic heterocycles. The minimum atomic E-state index is -4.28. The third kappa shape index (κ3) is 2.62. The highest BCUT2D eigenvalue weighted by Gasteiger charge is 2.42. The first-order valence-corrected chi connectivity index (χ1v) is 6.17. The Labute approximate surface area is 105 Å². The van der Waals surface area contributed by atoms with Gasteiger partial charge < -0.3 is 5.32 Å². The van der Waals surface area contributed by atoms with Crippen molar-refractivity contribution in [1.82, 2.24) is 0 Å². The van der Waals surface area contributed by atoms with Gasteiger partial charge >= 0.3 is 6.18 Å². The number of hydrogen-bond donors (Lipinski definition) is 1. The maximum Gasteiger partial charge on any atom is 0.416 e. The molecule has 1 aromatic carbocycles. The van der Waals surface area contributed by atoms with E-state index in [-0.39, 0.29) is 17.0 Å². The van der Waals surface area contributed by atoms with E-state index < -0.39 is 11.7 Å². The zero-order valence-electron chi connectivity index (χ0n) is 10.9. The van der Waals surface area contributed by atoms with Crippen molar-refractivity contribution in [3.8, 4) is 0 Å². The SMILES string of the molecule is Cc1ccc(NC(C)C2(C)CC2)cc1C(F)(F)F. The lowest BCUT2D eigenvalue weighted by Crippen LogP contribution is -2.25. The molecule has 0 saturated heterocycles. The molecule has 1 aliphatic carbocycles. The summed E-state index contributed by atoms with van der Waals surface area (Å²) in [4.78, 5) is 0. The lowest BCUT2D eigenvalue weighted by atomic mass is 10.00. The molecule has 0 amide bonds. The quantitative estimate of drug-likeness (QED) is 0.833. The van der Waals surface area contributed by atoms with E-state index in [0.29, 0.717) is 5.69 Å². The Hall–Kier alpha value is -1.19. The molecule has 1 unspecified atom stereocenters. The van der Waals surface area contributed by atoms with Gasteiger partial charge in [-0.05, 0) is 49.8 Å². The van der Waals surface area contributed by atoms with Crippen molar-refractivity contribution < 1.29 is 13.2 Å². The van der Waals surface area contributed by atoms with Gasteiger partial charge in [0.2, 0.25) is 0 Å². The van der Waals surface area contributed by atoms with Crippen molar-refractivity contribution >= 4 is 5.69 Å². The molecule has 1 aromatic rings. The highest BCUT2D eigenvalue weighted by molar-refractivity contribution is 5.50. The molecule has 1 N–H and O–H groups in total. The van der Waals surface area contributed by atoms with E-state index >= 15 is 0 Å². The predicted octanol–water partition coefficient (Wildman–Crippen LogP) is 4.61. The Morgan fingerprint density at radius 3 is 2.39 bits per heavy atom. The fourth-order valence-corrected chi connectivity index (χ4v) is 2.07. The summed E-state index contributed by atoms with van der Waals surface area (Å²) in [6.45, 7) is 5.67. The molecule has 0 spiro atoms. The van der Waals surface area contributed by atoms with Crippen molar-refractivity contribution in [2.75, 3.05) is 5.32 Å². The Morgan fingerprint density at radius 2 is 1.89 bits per heavy atom. The van der Waals surface area contributed by atoms with Gasteiger partial charge in [-0.2, -0.15) is 13.2 Å². The molecule has 0 heterocycles. The summed E-state index contributed by atoms with van der Waals surface area (Å²) in [6.07, 6.45) is -2.01. The van der Waals surface area contributed by atoms with Gasteiger partial charge in [0.05, 0.1) is 5.56 Å². The second-order valence-corrected chi connectivity index (χ2v) is 5.55. The van der Waals surface area contributed by atoms with Crippen molar-refractivity contribution in [3.63, 3.8) is 0 Å². The summed E-state index contributed by atoms with van der Waals surface area (Å²) in [5.41, 5.74) is 0.496. The van der Waals surface area contributed by atoms with Crippen molar-refractivity contribution in [2.45, 2.75) is 45.8 Å². The maximum absolute atomic E-state index is 12.8. The van der Waals surface area contributed by atoms with E-state index in [1.54, 1.807) is 6.07 Å². The van der Waals surface area contributed by atoms with Crippen molar-refractivity contribution in [2.24, 2.45) is 5.41 Å². The van der Waals surface area contributed by atoms with Gasteiger partial charge in [0, 0.05) is 11.7 Å². The molecular formula is C14H18F3N. The fourth-order valence-electron chi connectivity index (χ4n) is 2.07. The number of alkyl halides is 3. The summed E-state index contributed by atoms with van der Waals surface area (Å²) >= 11 is 0. The fraction of sp³-hybridized carbons (Fsp3) is 0.571. The molecular weight excluding hydrogens is 239 g/mol. The highest BCUT2D eigenvalue weighted by atomic mass is 19.4. The number of hydrogen-bond acceptors (Lipinski definition) is 1. The van der Waals surface area contributed by atoms with E-state index in [0.717, 1.165) is 12.8 Å². The number of nitrogens with one attached hydrogen (secondary N) is 1. The first-order chi connectivity index (χ1) is 8.22. The van der Waals surface area contributed by atoms with Gasteiger partial charge in [0.1, 0.15) is 0 Å². The molecule has 0 bridgehead atoms. The van der Waals surface area contributed by atoms with Crippen LogP contribution in [0.15, 0.2) is 18.2 Å². The average Bonchev–Trinajstić information content (AvgIpc) is 2.99. The van der Waals surface area contributed by atoms with E-state index in [1.807, 2.05) is 6.92 Å². The van der Waals surface area contributed by atoms with Crippen LogP contribution in [0, 0.1) is 12.3 Å². The van der Waals surface area contributed by atoms with Crippen molar-refractivity contribution in [3.05, 3.63) is 29.3 Å². The smallest absolute Gasteiger partial charge is 0.382 e. The number of halogens is 3. The van der Waals surface area contributed by atoms with Crippen LogP contribution in [-0.4, -0.2) is 6.04 Å². The largest absolute Gasteiger partial charge is 0.416 e. The molecule has 1 aliphatic rings. The predicted molar refractivity (Wildman–Crippen MR) is 66.6 cm³/mol. The molecule has 0 radical (unpaired) electrons. The zero-order chi connectivity index (χ0) is 13.6. The van der Waals surface area contributed by atoms with E-state index in [1.165, 1.54) is 19.1 Å². The molecule has 2 rings (SSSR count). The molecule has 0 aliphatic heterocycles. The van der Waals surface area contributed by atoms with Crippen LogP contribution < -0.4 is 5.32 Å². The summed E-state index contributed by atoms with van der Waals surface area (Å²) in [7, 11) is 0. The molecule has 4 heteroatoms. The van der Waals surface area contributed by atoms with Crippen LogP contribution in [0.2, 0.25) is 0 Å². The molecule has 1 saturated carbocycles. The van der Waals surface area contributed by atoms with E-state index in [2.05, 4.69) is 12.2 Å². The second kappa shape index (κ2) is 4.18. The lowest BCUT2D eigenvalue weighted by molar-refractivity contribution is -0.138. The number of anilines is 1. The number of aryl methyl sites for hydroxylation is 1. The van der Waals surface area contributed by atoms with Crippen LogP contribution >= 0.6 is 0 Å². The third-order valence-corrected chi connectivity index (χ3v) is 4.01. The van der Waals surface area contributed by atoms with E-state index in [9.17, 15) is 13.2 Å². The monoisotopic (exact) mass is 257 g/mol. The number of rotatable bonds is 3. The van der Waals surface area contributed by atoms with Crippen LogP contribution in [0.5, 0.6) is 0 Å². The topological polar surface area (TPSA) is 12.0 Å². The van der Waals surface area contributed by atoms with Gasteiger partial charge in [-0.15, -0.1) is 0 Å². The van der Waals surface area contributed by atoms with Gasteiger partial charge in [0.15, 0.2) is 0 Å².